The summed E-state index contributed by atoms with van der Waals surface area (Å²) in [5.41, 5.74) is 0.193. The SMILES string of the molecule is CCC(C)(C)CSC[C@@H](O)[C@@H](O)[C@@H](O)C=O. The second kappa shape index (κ2) is 7.27. The van der Waals surface area contributed by atoms with Crippen molar-refractivity contribution >= 4 is 18.0 Å². The molecular formula is C11H22O4S. The molecule has 0 fully saturated rings. The number of carbonyl (C=O) groups is 1. The zero-order valence-electron chi connectivity index (χ0n) is 10.1. The topological polar surface area (TPSA) is 77.8 Å². The highest BCUT2D eigenvalue weighted by Gasteiger charge is 2.25. The molecule has 0 aromatic carbocycles. The van der Waals surface area contributed by atoms with Gasteiger partial charge in [-0.2, -0.15) is 11.8 Å². The summed E-state index contributed by atoms with van der Waals surface area (Å²) in [6.07, 6.45) is -2.70. The summed E-state index contributed by atoms with van der Waals surface area (Å²) >= 11 is 1.51. The Labute approximate surface area is 101 Å². The van der Waals surface area contributed by atoms with Gasteiger partial charge in [0.05, 0.1) is 6.10 Å². The molecule has 3 atom stereocenters. The molecule has 5 heteroatoms. The standard InChI is InChI=1S/C11H22O4S/c1-4-11(2,3)7-16-6-9(14)10(15)8(13)5-12/h5,8-10,13-15H,4,6-7H2,1-3H3/t8-,9+,10-/m0/s1. The number of aldehydes is 1. The number of carbonyl (C=O) groups excluding carboxylic acids is 1. The van der Waals surface area contributed by atoms with Crippen molar-refractivity contribution < 1.29 is 20.1 Å². The van der Waals surface area contributed by atoms with Crippen molar-refractivity contribution in [2.24, 2.45) is 5.41 Å². The minimum Gasteiger partial charge on any atom is -0.389 e. The van der Waals surface area contributed by atoms with E-state index in [4.69, 9.17) is 5.11 Å². The highest BCUT2D eigenvalue weighted by molar-refractivity contribution is 7.99. The van der Waals surface area contributed by atoms with Crippen LogP contribution in [0.5, 0.6) is 0 Å². The van der Waals surface area contributed by atoms with Crippen LogP contribution < -0.4 is 0 Å². The van der Waals surface area contributed by atoms with Gasteiger partial charge in [0, 0.05) is 5.75 Å². The number of thioether (sulfide) groups is 1. The second-order valence-electron chi connectivity index (χ2n) is 4.72. The third kappa shape index (κ3) is 5.84. The van der Waals surface area contributed by atoms with Crippen LogP contribution in [0.15, 0.2) is 0 Å². The zero-order valence-corrected chi connectivity index (χ0v) is 10.9. The monoisotopic (exact) mass is 250 g/mol. The minimum absolute atomic E-state index is 0.193. The molecular weight excluding hydrogens is 228 g/mol. The molecule has 0 spiro atoms. The summed E-state index contributed by atoms with van der Waals surface area (Å²) in [4.78, 5) is 10.2. The number of aliphatic hydroxyl groups is 3. The first-order valence-corrected chi connectivity index (χ1v) is 6.56. The molecule has 16 heavy (non-hydrogen) atoms. The first-order valence-electron chi connectivity index (χ1n) is 5.41. The normalized spacial score (nSPS) is 17.9. The van der Waals surface area contributed by atoms with E-state index in [1.54, 1.807) is 0 Å². The first kappa shape index (κ1) is 15.9. The van der Waals surface area contributed by atoms with Crippen LogP contribution in [0.2, 0.25) is 0 Å². The van der Waals surface area contributed by atoms with Crippen LogP contribution >= 0.6 is 11.8 Å². The summed E-state index contributed by atoms with van der Waals surface area (Å²) in [5.74, 6) is 1.18. The highest BCUT2D eigenvalue weighted by atomic mass is 32.2. The molecule has 0 heterocycles. The molecule has 3 N–H and O–H groups in total. The summed E-state index contributed by atoms with van der Waals surface area (Å²) in [5, 5.41) is 27.8. The van der Waals surface area contributed by atoms with Crippen molar-refractivity contribution in [1.82, 2.24) is 0 Å². The van der Waals surface area contributed by atoms with Crippen LogP contribution in [0.1, 0.15) is 27.2 Å². The van der Waals surface area contributed by atoms with E-state index in [-0.39, 0.29) is 11.7 Å². The Morgan fingerprint density at radius 2 is 1.88 bits per heavy atom. The van der Waals surface area contributed by atoms with Crippen molar-refractivity contribution in [1.29, 1.82) is 0 Å². The fraction of sp³-hybridized carbons (Fsp3) is 0.909. The third-order valence-corrected chi connectivity index (χ3v) is 4.18. The lowest BCUT2D eigenvalue weighted by atomic mass is 9.93. The van der Waals surface area contributed by atoms with Crippen molar-refractivity contribution in [2.75, 3.05) is 11.5 Å². The smallest absolute Gasteiger partial charge is 0.151 e. The average Bonchev–Trinajstić information content (AvgIpc) is 2.26. The molecule has 96 valence electrons. The largest absolute Gasteiger partial charge is 0.389 e. The van der Waals surface area contributed by atoms with E-state index < -0.39 is 18.3 Å². The minimum atomic E-state index is -1.50. The molecule has 0 saturated carbocycles. The molecule has 0 aromatic rings. The van der Waals surface area contributed by atoms with Crippen LogP contribution in [-0.2, 0) is 4.79 Å². The van der Waals surface area contributed by atoms with Gasteiger partial charge in [-0.25, -0.2) is 0 Å². The lowest BCUT2D eigenvalue weighted by Gasteiger charge is -2.24. The predicted molar refractivity (Wildman–Crippen MR) is 65.5 cm³/mol. The van der Waals surface area contributed by atoms with Gasteiger partial charge >= 0.3 is 0 Å². The Morgan fingerprint density at radius 1 is 1.31 bits per heavy atom. The molecule has 0 amide bonds. The van der Waals surface area contributed by atoms with E-state index in [0.29, 0.717) is 5.75 Å². The Morgan fingerprint density at radius 3 is 2.31 bits per heavy atom. The maximum Gasteiger partial charge on any atom is 0.151 e. The van der Waals surface area contributed by atoms with Crippen LogP contribution in [-0.4, -0.2) is 51.4 Å². The lowest BCUT2D eigenvalue weighted by Crippen LogP contribution is -2.39. The van der Waals surface area contributed by atoms with Gasteiger partial charge in [0.15, 0.2) is 6.29 Å². The Kier molecular flexibility index (Phi) is 7.22. The molecule has 4 nitrogen and oxygen atoms in total. The number of aliphatic hydroxyl groups excluding tert-OH is 3. The van der Waals surface area contributed by atoms with Crippen LogP contribution in [0, 0.1) is 5.41 Å². The van der Waals surface area contributed by atoms with Crippen LogP contribution in [0.25, 0.3) is 0 Å². The highest BCUT2D eigenvalue weighted by Crippen LogP contribution is 2.25. The number of rotatable bonds is 8. The molecule has 0 radical (unpaired) electrons. The van der Waals surface area contributed by atoms with Crippen molar-refractivity contribution in [2.45, 2.75) is 45.5 Å². The summed E-state index contributed by atoms with van der Waals surface area (Å²) in [6.45, 7) is 6.36. The van der Waals surface area contributed by atoms with Gasteiger partial charge in [0.1, 0.15) is 12.2 Å². The maximum atomic E-state index is 10.2. The van der Waals surface area contributed by atoms with Gasteiger partial charge in [-0.1, -0.05) is 27.2 Å². The van der Waals surface area contributed by atoms with Crippen LogP contribution in [0.3, 0.4) is 0 Å². The molecule has 0 saturated heterocycles. The fourth-order valence-corrected chi connectivity index (χ4v) is 2.28. The van der Waals surface area contributed by atoms with Gasteiger partial charge in [-0.3, -0.25) is 0 Å². The quantitative estimate of drug-likeness (QED) is 0.545. The van der Waals surface area contributed by atoms with Gasteiger partial charge in [-0.15, -0.1) is 0 Å². The van der Waals surface area contributed by atoms with E-state index in [1.807, 2.05) is 0 Å². The zero-order chi connectivity index (χ0) is 12.8. The van der Waals surface area contributed by atoms with Gasteiger partial charge in [0.25, 0.3) is 0 Å². The summed E-state index contributed by atoms with van der Waals surface area (Å²) in [7, 11) is 0. The van der Waals surface area contributed by atoms with E-state index >= 15 is 0 Å². The molecule has 0 bridgehead atoms. The molecule has 0 aliphatic rings. The summed E-state index contributed by atoms with van der Waals surface area (Å²) < 4.78 is 0. The molecule has 0 aliphatic heterocycles. The third-order valence-electron chi connectivity index (χ3n) is 2.62. The number of hydrogen-bond donors (Lipinski definition) is 3. The molecule has 0 rings (SSSR count). The lowest BCUT2D eigenvalue weighted by molar-refractivity contribution is -0.124. The molecule has 0 aliphatic carbocycles. The molecule has 0 aromatic heterocycles. The van der Waals surface area contributed by atoms with E-state index in [0.717, 1.165) is 12.2 Å². The van der Waals surface area contributed by atoms with Crippen molar-refractivity contribution in [3.8, 4) is 0 Å². The van der Waals surface area contributed by atoms with E-state index in [9.17, 15) is 15.0 Å². The summed E-state index contributed by atoms with van der Waals surface area (Å²) in [6, 6.07) is 0. The Hall–Kier alpha value is -0.100. The van der Waals surface area contributed by atoms with Gasteiger partial charge in [-0.05, 0) is 11.2 Å². The first-order chi connectivity index (χ1) is 7.34. The average molecular weight is 250 g/mol. The van der Waals surface area contributed by atoms with Crippen molar-refractivity contribution in [3.05, 3.63) is 0 Å². The fourth-order valence-electron chi connectivity index (χ4n) is 0.965. The number of hydrogen-bond acceptors (Lipinski definition) is 5. The van der Waals surface area contributed by atoms with Gasteiger partial charge < -0.3 is 20.1 Å². The predicted octanol–water partition coefficient (Wildman–Crippen LogP) is 0.437. The van der Waals surface area contributed by atoms with E-state index in [1.165, 1.54) is 11.8 Å². The maximum absolute atomic E-state index is 10.2. The second-order valence-corrected chi connectivity index (χ2v) is 5.75. The van der Waals surface area contributed by atoms with E-state index in [2.05, 4.69) is 20.8 Å². The van der Waals surface area contributed by atoms with Gasteiger partial charge in [0.2, 0.25) is 0 Å². The molecule has 0 unspecified atom stereocenters. The Bertz CT molecular complexity index is 208. The Balaban J connectivity index is 3.89. The van der Waals surface area contributed by atoms with Crippen molar-refractivity contribution in [3.63, 3.8) is 0 Å². The van der Waals surface area contributed by atoms with Crippen LogP contribution in [0.4, 0.5) is 0 Å².